The van der Waals surface area contributed by atoms with E-state index in [4.69, 9.17) is 5.11 Å². The van der Waals surface area contributed by atoms with E-state index in [1.807, 2.05) is 13.0 Å². The van der Waals surface area contributed by atoms with Gasteiger partial charge in [-0.25, -0.2) is 4.39 Å². The average molecular weight is 285 g/mol. The minimum Gasteiger partial charge on any atom is -0.396 e. The number of benzene rings is 1. The van der Waals surface area contributed by atoms with Gasteiger partial charge >= 0.3 is 0 Å². The van der Waals surface area contributed by atoms with Crippen molar-refractivity contribution >= 4 is 11.8 Å². The molecule has 1 rings (SSSR count). The summed E-state index contributed by atoms with van der Waals surface area (Å²) < 4.78 is 13.9. The standard InChI is InChI=1S/C15H24FNOS/c1-11(9-18)10-19-14-12(6-5-7-13(14)16)8-17-15(2,3)4/h5-7,11,17-18H,8-10H2,1-4H3. The molecule has 0 bridgehead atoms. The third kappa shape index (κ3) is 5.93. The van der Waals surface area contributed by atoms with Crippen LogP contribution in [0, 0.1) is 11.7 Å². The summed E-state index contributed by atoms with van der Waals surface area (Å²) in [5, 5.41) is 12.4. The van der Waals surface area contributed by atoms with Gasteiger partial charge in [0.1, 0.15) is 5.82 Å². The molecule has 2 N–H and O–H groups in total. The lowest BCUT2D eigenvalue weighted by Crippen LogP contribution is -2.35. The largest absolute Gasteiger partial charge is 0.396 e. The van der Waals surface area contributed by atoms with E-state index in [9.17, 15) is 4.39 Å². The molecule has 0 aliphatic heterocycles. The summed E-state index contributed by atoms with van der Waals surface area (Å²) in [5.41, 5.74) is 0.984. The van der Waals surface area contributed by atoms with E-state index in [0.29, 0.717) is 11.4 Å². The molecule has 0 saturated heterocycles. The van der Waals surface area contributed by atoms with Crippen molar-refractivity contribution in [1.29, 1.82) is 0 Å². The molecule has 0 amide bonds. The van der Waals surface area contributed by atoms with Gasteiger partial charge in [0, 0.05) is 29.3 Å². The molecule has 2 nitrogen and oxygen atoms in total. The van der Waals surface area contributed by atoms with Crippen LogP contribution in [-0.2, 0) is 6.54 Å². The molecule has 1 aromatic rings. The van der Waals surface area contributed by atoms with Gasteiger partial charge < -0.3 is 10.4 Å². The molecule has 1 unspecified atom stereocenters. The molecule has 0 fully saturated rings. The first-order valence-corrected chi connectivity index (χ1v) is 7.58. The summed E-state index contributed by atoms with van der Waals surface area (Å²) >= 11 is 1.48. The summed E-state index contributed by atoms with van der Waals surface area (Å²) in [6, 6.07) is 5.19. The summed E-state index contributed by atoms with van der Waals surface area (Å²) in [6.45, 7) is 9.02. The number of hydrogen-bond acceptors (Lipinski definition) is 3. The van der Waals surface area contributed by atoms with Crippen LogP contribution < -0.4 is 5.32 Å². The fourth-order valence-electron chi connectivity index (χ4n) is 1.49. The van der Waals surface area contributed by atoms with Crippen LogP contribution in [0.2, 0.25) is 0 Å². The lowest BCUT2D eigenvalue weighted by atomic mass is 10.1. The number of rotatable bonds is 6. The molecule has 1 aromatic carbocycles. The number of aliphatic hydroxyl groups is 1. The molecular weight excluding hydrogens is 261 g/mol. The highest BCUT2D eigenvalue weighted by atomic mass is 32.2. The van der Waals surface area contributed by atoms with E-state index < -0.39 is 0 Å². The van der Waals surface area contributed by atoms with Crippen LogP contribution in [0.4, 0.5) is 4.39 Å². The zero-order valence-electron chi connectivity index (χ0n) is 12.2. The Bertz CT molecular complexity index is 404. The Balaban J connectivity index is 2.77. The van der Waals surface area contributed by atoms with Crippen molar-refractivity contribution < 1.29 is 9.50 Å². The summed E-state index contributed by atoms with van der Waals surface area (Å²) in [7, 11) is 0. The van der Waals surface area contributed by atoms with Gasteiger partial charge in [0.2, 0.25) is 0 Å². The van der Waals surface area contributed by atoms with E-state index in [0.717, 1.165) is 11.3 Å². The van der Waals surface area contributed by atoms with Crippen LogP contribution >= 0.6 is 11.8 Å². The average Bonchev–Trinajstić information content (AvgIpc) is 2.33. The lowest BCUT2D eigenvalue weighted by molar-refractivity contribution is 0.250. The Morgan fingerprint density at radius 2 is 2.05 bits per heavy atom. The summed E-state index contributed by atoms with van der Waals surface area (Å²) in [4.78, 5) is 0.694. The second kappa shape index (κ2) is 7.27. The van der Waals surface area contributed by atoms with Crippen LogP contribution in [0.3, 0.4) is 0 Å². The quantitative estimate of drug-likeness (QED) is 0.785. The molecule has 19 heavy (non-hydrogen) atoms. The maximum absolute atomic E-state index is 13.9. The molecule has 1 atom stereocenters. The minimum absolute atomic E-state index is 0.00659. The van der Waals surface area contributed by atoms with Crippen molar-refractivity contribution in [2.75, 3.05) is 12.4 Å². The monoisotopic (exact) mass is 285 g/mol. The topological polar surface area (TPSA) is 32.3 Å². The van der Waals surface area contributed by atoms with Crippen molar-refractivity contribution in [3.63, 3.8) is 0 Å². The Morgan fingerprint density at radius 1 is 1.37 bits per heavy atom. The van der Waals surface area contributed by atoms with E-state index in [1.54, 1.807) is 6.07 Å². The van der Waals surface area contributed by atoms with Crippen LogP contribution in [0.1, 0.15) is 33.3 Å². The fraction of sp³-hybridized carbons (Fsp3) is 0.600. The third-order valence-corrected chi connectivity index (χ3v) is 4.16. The van der Waals surface area contributed by atoms with Gasteiger partial charge in [-0.3, -0.25) is 0 Å². The fourth-order valence-corrected chi connectivity index (χ4v) is 2.58. The van der Waals surface area contributed by atoms with E-state index in [1.165, 1.54) is 17.8 Å². The molecule has 0 spiro atoms. The van der Waals surface area contributed by atoms with Crippen molar-refractivity contribution in [2.45, 2.75) is 44.7 Å². The highest BCUT2D eigenvalue weighted by Crippen LogP contribution is 2.28. The SMILES string of the molecule is CC(CO)CSc1c(F)cccc1CNC(C)(C)C. The number of halogens is 1. The van der Waals surface area contributed by atoms with Gasteiger partial charge in [-0.15, -0.1) is 11.8 Å². The number of aliphatic hydroxyl groups excluding tert-OH is 1. The van der Waals surface area contributed by atoms with Gasteiger partial charge in [-0.2, -0.15) is 0 Å². The molecule has 0 aliphatic carbocycles. The third-order valence-electron chi connectivity index (χ3n) is 2.68. The van der Waals surface area contributed by atoms with Gasteiger partial charge in [0.15, 0.2) is 0 Å². The van der Waals surface area contributed by atoms with Crippen LogP contribution in [-0.4, -0.2) is 23.0 Å². The lowest BCUT2D eigenvalue weighted by Gasteiger charge is -2.22. The first-order valence-electron chi connectivity index (χ1n) is 6.59. The Hall–Kier alpha value is -0.580. The zero-order chi connectivity index (χ0) is 14.5. The van der Waals surface area contributed by atoms with Gasteiger partial charge in [0.05, 0.1) is 0 Å². The Kier molecular flexibility index (Phi) is 6.30. The van der Waals surface area contributed by atoms with Crippen molar-refractivity contribution in [3.8, 4) is 0 Å². The summed E-state index contributed by atoms with van der Waals surface area (Å²) in [6.07, 6.45) is 0. The molecule has 0 radical (unpaired) electrons. The normalized spacial score (nSPS) is 13.6. The van der Waals surface area contributed by atoms with Crippen LogP contribution in [0.15, 0.2) is 23.1 Å². The number of hydrogen-bond donors (Lipinski definition) is 2. The second-order valence-electron chi connectivity index (χ2n) is 5.93. The minimum atomic E-state index is -0.177. The van der Waals surface area contributed by atoms with Gasteiger partial charge in [0.25, 0.3) is 0 Å². The zero-order valence-corrected chi connectivity index (χ0v) is 13.0. The van der Waals surface area contributed by atoms with Crippen LogP contribution in [0.25, 0.3) is 0 Å². The van der Waals surface area contributed by atoms with Gasteiger partial charge in [-0.1, -0.05) is 19.1 Å². The maximum atomic E-state index is 13.9. The highest BCUT2D eigenvalue weighted by molar-refractivity contribution is 7.99. The molecule has 0 saturated carbocycles. The van der Waals surface area contributed by atoms with Crippen molar-refractivity contribution in [3.05, 3.63) is 29.6 Å². The molecule has 108 valence electrons. The molecule has 0 heterocycles. The van der Waals surface area contributed by atoms with Gasteiger partial charge in [-0.05, 0) is 38.3 Å². The smallest absolute Gasteiger partial charge is 0.137 e. The predicted octanol–water partition coefficient (Wildman–Crippen LogP) is 3.43. The van der Waals surface area contributed by atoms with E-state index in [-0.39, 0.29) is 23.9 Å². The van der Waals surface area contributed by atoms with E-state index in [2.05, 4.69) is 26.1 Å². The maximum Gasteiger partial charge on any atom is 0.137 e. The Labute approximate surface area is 119 Å². The highest BCUT2D eigenvalue weighted by Gasteiger charge is 2.14. The molecule has 0 aromatic heterocycles. The van der Waals surface area contributed by atoms with Crippen molar-refractivity contribution in [2.24, 2.45) is 5.92 Å². The number of nitrogens with one attached hydrogen (secondary N) is 1. The Morgan fingerprint density at radius 3 is 2.63 bits per heavy atom. The van der Waals surface area contributed by atoms with Crippen LogP contribution in [0.5, 0.6) is 0 Å². The summed E-state index contributed by atoms with van der Waals surface area (Å²) in [5.74, 6) is 0.719. The molecule has 4 heteroatoms. The first-order chi connectivity index (χ1) is 8.83. The molecule has 0 aliphatic rings. The van der Waals surface area contributed by atoms with E-state index >= 15 is 0 Å². The second-order valence-corrected chi connectivity index (χ2v) is 6.96. The molecular formula is C15H24FNOS. The predicted molar refractivity (Wildman–Crippen MR) is 80.0 cm³/mol. The first kappa shape index (κ1) is 16.5. The number of thioether (sulfide) groups is 1. The van der Waals surface area contributed by atoms with Crippen molar-refractivity contribution in [1.82, 2.24) is 5.32 Å².